The molecule has 166 valence electrons. The van der Waals surface area contributed by atoms with Gasteiger partial charge in [-0.3, -0.25) is 9.59 Å². The molecule has 2 atom stereocenters. The Hall–Kier alpha value is -2.64. The van der Waals surface area contributed by atoms with Gasteiger partial charge in [-0.25, -0.2) is 0 Å². The normalized spacial score (nSPS) is 21.9. The van der Waals surface area contributed by atoms with Crippen LogP contribution in [0.5, 0.6) is 0 Å². The fourth-order valence-electron chi connectivity index (χ4n) is 4.94. The molecule has 0 saturated carbocycles. The van der Waals surface area contributed by atoms with Crippen molar-refractivity contribution in [1.82, 2.24) is 9.47 Å². The van der Waals surface area contributed by atoms with Crippen LogP contribution in [0, 0.1) is 6.92 Å². The van der Waals surface area contributed by atoms with E-state index in [4.69, 9.17) is 0 Å². The van der Waals surface area contributed by atoms with Gasteiger partial charge in [0.05, 0.1) is 38.4 Å². The number of aromatic nitrogens is 1. The van der Waals surface area contributed by atoms with Crippen LogP contribution in [0.15, 0.2) is 42.6 Å². The molecule has 2 fully saturated rings. The number of carbonyl (C=O) groups excluding carboxylic acids is 2. The first kappa shape index (κ1) is 21.6. The smallest absolute Gasteiger partial charge is 0.279 e. The van der Waals surface area contributed by atoms with Gasteiger partial charge < -0.3 is 24.6 Å². The minimum Gasteiger partial charge on any atom is -0.350 e. The standard InChI is InChI=1S/C24H33N5O2/c1-19-7-9-20(10-8-19)25-23(30)17-27-13-15-28(16-14-27)24(31)18-29-12-4-6-22(29)21-5-3-11-26(21)2/h3,5,7-11,22H,4,6,12-18H2,1-2H3,(H,25,30)/p+2/t22-/m0/s1. The van der Waals surface area contributed by atoms with E-state index in [1.54, 1.807) is 0 Å². The first-order valence-electron chi connectivity index (χ1n) is 11.4. The zero-order chi connectivity index (χ0) is 21.8. The highest BCUT2D eigenvalue weighted by Gasteiger charge is 2.35. The Morgan fingerprint density at radius 3 is 2.48 bits per heavy atom. The maximum absolute atomic E-state index is 13.0. The van der Waals surface area contributed by atoms with Crippen LogP contribution in [0.1, 0.15) is 30.1 Å². The fourth-order valence-corrected chi connectivity index (χ4v) is 4.94. The van der Waals surface area contributed by atoms with Crippen molar-refractivity contribution in [2.45, 2.75) is 25.8 Å². The Bertz CT molecular complexity index is 899. The maximum atomic E-state index is 13.0. The molecular weight excluding hydrogens is 390 g/mol. The molecule has 2 aliphatic heterocycles. The summed E-state index contributed by atoms with van der Waals surface area (Å²) in [7, 11) is 2.09. The number of nitrogens with one attached hydrogen (secondary N) is 3. The first-order valence-corrected chi connectivity index (χ1v) is 11.4. The molecule has 1 unspecified atom stereocenters. The van der Waals surface area contributed by atoms with Crippen molar-refractivity contribution in [2.75, 3.05) is 51.1 Å². The summed E-state index contributed by atoms with van der Waals surface area (Å²) in [6.07, 6.45) is 4.41. The molecule has 7 heteroatoms. The van der Waals surface area contributed by atoms with Crippen LogP contribution >= 0.6 is 0 Å². The number of rotatable bonds is 6. The van der Waals surface area contributed by atoms with Crippen molar-refractivity contribution >= 4 is 17.5 Å². The summed E-state index contributed by atoms with van der Waals surface area (Å²) in [4.78, 5) is 30.0. The Morgan fingerprint density at radius 1 is 1.06 bits per heavy atom. The van der Waals surface area contributed by atoms with Gasteiger partial charge in [-0.05, 0) is 31.2 Å². The number of piperazine rings is 1. The third-order valence-electron chi connectivity index (χ3n) is 6.77. The van der Waals surface area contributed by atoms with Crippen molar-refractivity contribution in [3.8, 4) is 0 Å². The highest BCUT2D eigenvalue weighted by atomic mass is 16.2. The van der Waals surface area contributed by atoms with Crippen LogP contribution in [-0.2, 0) is 16.6 Å². The Kier molecular flexibility index (Phi) is 6.73. The second-order valence-electron chi connectivity index (χ2n) is 9.05. The van der Waals surface area contributed by atoms with Crippen molar-refractivity contribution in [3.63, 3.8) is 0 Å². The number of amides is 2. The number of hydrogen-bond donors (Lipinski definition) is 3. The number of aryl methyl sites for hydroxylation is 2. The Balaban J connectivity index is 1.23. The summed E-state index contributed by atoms with van der Waals surface area (Å²) in [5, 5.41) is 2.98. The second kappa shape index (κ2) is 9.66. The van der Waals surface area contributed by atoms with Crippen LogP contribution in [0.4, 0.5) is 5.69 Å². The second-order valence-corrected chi connectivity index (χ2v) is 9.05. The van der Waals surface area contributed by atoms with Crippen LogP contribution in [0.3, 0.4) is 0 Å². The van der Waals surface area contributed by atoms with Gasteiger partial charge in [0.2, 0.25) is 0 Å². The van der Waals surface area contributed by atoms with Crippen molar-refractivity contribution in [2.24, 2.45) is 7.05 Å². The number of likely N-dealkylation sites (tertiary alicyclic amines) is 1. The first-order chi connectivity index (χ1) is 15.0. The number of nitrogens with zero attached hydrogens (tertiary/aromatic N) is 2. The fraction of sp³-hybridized carbons (Fsp3) is 0.500. The monoisotopic (exact) mass is 425 g/mol. The number of carbonyl (C=O) groups is 2. The van der Waals surface area contributed by atoms with E-state index in [-0.39, 0.29) is 11.8 Å². The number of benzene rings is 1. The summed E-state index contributed by atoms with van der Waals surface area (Å²) in [6, 6.07) is 12.6. The molecule has 0 aliphatic carbocycles. The molecule has 1 aromatic heterocycles. The summed E-state index contributed by atoms with van der Waals surface area (Å²) in [5.41, 5.74) is 3.34. The lowest BCUT2D eigenvalue weighted by Crippen LogP contribution is -3.16. The lowest BCUT2D eigenvalue weighted by Gasteiger charge is -2.32. The van der Waals surface area contributed by atoms with Crippen LogP contribution in [0.2, 0.25) is 0 Å². The molecule has 7 nitrogen and oxygen atoms in total. The SMILES string of the molecule is Cc1ccc(NC(=O)C[NH+]2CCN(C(=O)C[NH+]3CCC[C@H]3c3cccn3C)CC2)cc1. The average Bonchev–Trinajstić information content (AvgIpc) is 3.38. The third-order valence-corrected chi connectivity index (χ3v) is 6.77. The summed E-state index contributed by atoms with van der Waals surface area (Å²) < 4.78 is 2.18. The topological polar surface area (TPSA) is 63.2 Å². The molecule has 4 rings (SSSR count). The lowest BCUT2D eigenvalue weighted by molar-refractivity contribution is -0.911. The highest BCUT2D eigenvalue weighted by molar-refractivity contribution is 5.91. The van der Waals surface area contributed by atoms with E-state index < -0.39 is 0 Å². The molecule has 0 spiro atoms. The molecule has 2 aliphatic rings. The van der Waals surface area contributed by atoms with Gasteiger partial charge in [-0.15, -0.1) is 0 Å². The Labute approximate surface area is 184 Å². The highest BCUT2D eigenvalue weighted by Crippen LogP contribution is 2.19. The van der Waals surface area contributed by atoms with Gasteiger partial charge in [-0.1, -0.05) is 17.7 Å². The zero-order valence-electron chi connectivity index (χ0n) is 18.7. The minimum atomic E-state index is 0.0329. The lowest BCUT2D eigenvalue weighted by atomic mass is 10.1. The van der Waals surface area contributed by atoms with Crippen molar-refractivity contribution in [1.29, 1.82) is 0 Å². The Morgan fingerprint density at radius 2 is 1.81 bits per heavy atom. The van der Waals surface area contributed by atoms with Gasteiger partial charge in [0, 0.05) is 31.8 Å². The summed E-state index contributed by atoms with van der Waals surface area (Å²) in [6.45, 7) is 7.22. The average molecular weight is 426 g/mol. The predicted molar refractivity (Wildman–Crippen MR) is 120 cm³/mol. The van der Waals surface area contributed by atoms with Crippen LogP contribution in [0.25, 0.3) is 0 Å². The van der Waals surface area contributed by atoms with E-state index in [2.05, 4.69) is 35.3 Å². The molecule has 3 N–H and O–H groups in total. The minimum absolute atomic E-state index is 0.0329. The largest absolute Gasteiger partial charge is 0.350 e. The summed E-state index contributed by atoms with van der Waals surface area (Å²) >= 11 is 0. The molecule has 1 aromatic carbocycles. The van der Waals surface area contributed by atoms with Gasteiger partial charge in [0.15, 0.2) is 13.1 Å². The molecule has 0 bridgehead atoms. The molecule has 2 aromatic rings. The van der Waals surface area contributed by atoms with E-state index in [1.807, 2.05) is 36.1 Å². The van der Waals surface area contributed by atoms with E-state index in [0.29, 0.717) is 19.1 Å². The quantitative estimate of drug-likeness (QED) is 0.580. The summed E-state index contributed by atoms with van der Waals surface area (Å²) in [5.74, 6) is 0.282. The molecule has 3 heterocycles. The van der Waals surface area contributed by atoms with Gasteiger partial charge in [0.25, 0.3) is 11.8 Å². The van der Waals surface area contributed by atoms with E-state index in [9.17, 15) is 9.59 Å². The van der Waals surface area contributed by atoms with Crippen molar-refractivity contribution in [3.05, 3.63) is 53.9 Å². The molecular formula is C24H35N5O2+2. The maximum Gasteiger partial charge on any atom is 0.279 e. The molecule has 0 radical (unpaired) electrons. The van der Waals surface area contributed by atoms with Crippen LogP contribution in [-0.4, -0.2) is 67.1 Å². The van der Waals surface area contributed by atoms with Gasteiger partial charge in [-0.2, -0.15) is 0 Å². The molecule has 31 heavy (non-hydrogen) atoms. The van der Waals surface area contributed by atoms with E-state index in [1.165, 1.54) is 27.5 Å². The number of anilines is 1. The molecule has 2 saturated heterocycles. The third kappa shape index (κ3) is 5.35. The predicted octanol–water partition coefficient (Wildman–Crippen LogP) is -0.581. The van der Waals surface area contributed by atoms with E-state index in [0.717, 1.165) is 44.8 Å². The van der Waals surface area contributed by atoms with E-state index >= 15 is 0 Å². The van der Waals surface area contributed by atoms with Gasteiger partial charge >= 0.3 is 0 Å². The number of quaternary nitrogens is 2. The number of hydrogen-bond acceptors (Lipinski definition) is 2. The molecule has 2 amide bonds. The zero-order valence-corrected chi connectivity index (χ0v) is 18.7. The van der Waals surface area contributed by atoms with Gasteiger partial charge in [0.1, 0.15) is 6.04 Å². The van der Waals surface area contributed by atoms with Crippen molar-refractivity contribution < 1.29 is 19.4 Å². The van der Waals surface area contributed by atoms with Crippen LogP contribution < -0.4 is 15.1 Å².